The van der Waals surface area contributed by atoms with Crippen LogP contribution >= 0.6 is 0 Å². The van der Waals surface area contributed by atoms with Gasteiger partial charge in [0.05, 0.1) is 5.56 Å². The van der Waals surface area contributed by atoms with Gasteiger partial charge in [-0.25, -0.2) is 12.7 Å². The third-order valence-corrected chi connectivity index (χ3v) is 7.77. The average molecular weight is 500 g/mol. The van der Waals surface area contributed by atoms with Crippen LogP contribution in [0.5, 0.6) is 0 Å². The zero-order chi connectivity index (χ0) is 25.6. The van der Waals surface area contributed by atoms with E-state index in [1.807, 2.05) is 51.1 Å². The van der Waals surface area contributed by atoms with Gasteiger partial charge in [0.25, 0.3) is 15.9 Å². The molecule has 1 heterocycles. The molecule has 0 spiro atoms. The molecular formula is C26H33N3O5S. The van der Waals surface area contributed by atoms with E-state index in [0.717, 1.165) is 9.87 Å². The Balaban J connectivity index is 1.72. The molecule has 0 saturated carbocycles. The number of fused-ring (bicyclic) bond motifs is 1. The number of carbonyl (C=O) groups excluding carboxylic acids is 3. The number of hydrogen-bond acceptors (Lipinski definition) is 5. The van der Waals surface area contributed by atoms with E-state index in [9.17, 15) is 22.8 Å². The largest absolute Gasteiger partial charge is 0.354 e. The fraction of sp³-hybridized carbons (Fsp3) is 0.423. The molecule has 188 valence electrons. The van der Waals surface area contributed by atoms with Crippen LogP contribution in [0.25, 0.3) is 0 Å². The first-order valence-electron chi connectivity index (χ1n) is 11.9. The van der Waals surface area contributed by atoms with Crippen molar-refractivity contribution in [1.82, 2.24) is 14.5 Å². The number of nitrogens with one attached hydrogen (secondary N) is 1. The van der Waals surface area contributed by atoms with Gasteiger partial charge in [-0.3, -0.25) is 14.4 Å². The van der Waals surface area contributed by atoms with Gasteiger partial charge in [0.2, 0.25) is 11.8 Å². The van der Waals surface area contributed by atoms with Crippen molar-refractivity contribution in [2.24, 2.45) is 5.92 Å². The van der Waals surface area contributed by atoms with Gasteiger partial charge >= 0.3 is 0 Å². The van der Waals surface area contributed by atoms with Crippen LogP contribution in [0.1, 0.15) is 56.0 Å². The Morgan fingerprint density at radius 1 is 1.03 bits per heavy atom. The van der Waals surface area contributed by atoms with Crippen molar-refractivity contribution in [3.8, 4) is 0 Å². The highest BCUT2D eigenvalue weighted by Gasteiger charge is 2.40. The maximum Gasteiger partial charge on any atom is 0.269 e. The van der Waals surface area contributed by atoms with Crippen LogP contribution in [0.4, 0.5) is 0 Å². The molecule has 0 saturated heterocycles. The van der Waals surface area contributed by atoms with Gasteiger partial charge in [-0.1, -0.05) is 63.2 Å². The molecule has 2 aromatic carbocycles. The van der Waals surface area contributed by atoms with Crippen LogP contribution in [0.15, 0.2) is 59.5 Å². The average Bonchev–Trinajstić information content (AvgIpc) is 3.03. The normalized spacial score (nSPS) is 15.1. The predicted octanol–water partition coefficient (Wildman–Crippen LogP) is 3.19. The summed E-state index contributed by atoms with van der Waals surface area (Å²) in [4.78, 5) is 40.4. The van der Waals surface area contributed by atoms with E-state index in [-0.39, 0.29) is 54.1 Å². The molecule has 1 aliphatic heterocycles. The second-order valence-corrected chi connectivity index (χ2v) is 10.9. The summed E-state index contributed by atoms with van der Waals surface area (Å²) in [7, 11) is -3.92. The lowest BCUT2D eigenvalue weighted by Crippen LogP contribution is -2.49. The molecule has 2 aromatic rings. The van der Waals surface area contributed by atoms with E-state index < -0.39 is 22.0 Å². The smallest absolute Gasteiger partial charge is 0.269 e. The van der Waals surface area contributed by atoms with Crippen molar-refractivity contribution >= 4 is 27.7 Å². The van der Waals surface area contributed by atoms with E-state index in [1.54, 1.807) is 17.0 Å². The standard InChI is InChI=1S/C26H33N3O5S/c1-4-22(25(31)27-17-19(2)3)28(18-20-11-6-5-7-12-20)24(30)15-10-16-29-26(32)21-13-8-9-14-23(21)35(29,33)34/h5-9,11-14,19,22H,4,10,15-18H2,1-3H3,(H,27,31)/t22-/m1/s1. The SMILES string of the molecule is CC[C@H](C(=O)NCC(C)C)N(Cc1ccccc1)C(=O)CCCN1C(=O)c2ccccc2S1(=O)=O. The quantitative estimate of drug-likeness (QED) is 0.511. The van der Waals surface area contributed by atoms with Crippen molar-refractivity contribution in [2.75, 3.05) is 13.1 Å². The molecule has 8 nitrogen and oxygen atoms in total. The molecule has 1 atom stereocenters. The Kier molecular flexibility index (Phi) is 8.67. The van der Waals surface area contributed by atoms with Gasteiger partial charge in [0.15, 0.2) is 0 Å². The number of nitrogens with zero attached hydrogens (tertiary/aromatic N) is 2. The number of sulfonamides is 1. The zero-order valence-electron chi connectivity index (χ0n) is 20.4. The van der Waals surface area contributed by atoms with Crippen LogP contribution in [-0.2, 0) is 26.2 Å². The van der Waals surface area contributed by atoms with Crippen molar-refractivity contribution in [2.45, 2.75) is 57.5 Å². The number of hydrogen-bond donors (Lipinski definition) is 1. The van der Waals surface area contributed by atoms with E-state index in [4.69, 9.17) is 0 Å². The molecule has 1 aliphatic rings. The van der Waals surface area contributed by atoms with Gasteiger partial charge in [-0.05, 0) is 36.5 Å². The number of amides is 3. The predicted molar refractivity (Wildman–Crippen MR) is 133 cm³/mol. The minimum Gasteiger partial charge on any atom is -0.354 e. The van der Waals surface area contributed by atoms with E-state index in [1.165, 1.54) is 12.1 Å². The summed E-state index contributed by atoms with van der Waals surface area (Å²) in [5, 5.41) is 2.92. The molecule has 35 heavy (non-hydrogen) atoms. The second kappa shape index (κ2) is 11.5. The Labute approximate surface area is 207 Å². The Bertz CT molecular complexity index is 1160. The fourth-order valence-corrected chi connectivity index (χ4v) is 5.70. The van der Waals surface area contributed by atoms with E-state index in [2.05, 4.69) is 5.32 Å². The lowest BCUT2D eigenvalue weighted by molar-refractivity contribution is -0.141. The van der Waals surface area contributed by atoms with Gasteiger partial charge in [-0.2, -0.15) is 0 Å². The summed E-state index contributed by atoms with van der Waals surface area (Å²) in [5.74, 6) is -0.771. The summed E-state index contributed by atoms with van der Waals surface area (Å²) >= 11 is 0. The van der Waals surface area contributed by atoms with Crippen LogP contribution < -0.4 is 5.32 Å². The molecule has 1 N–H and O–H groups in total. The fourth-order valence-electron chi connectivity index (χ4n) is 4.09. The highest BCUT2D eigenvalue weighted by Crippen LogP contribution is 2.30. The minimum absolute atomic E-state index is 0.00472. The molecule has 3 amide bonds. The molecule has 0 bridgehead atoms. The Morgan fingerprint density at radius 3 is 2.31 bits per heavy atom. The second-order valence-electron chi connectivity index (χ2n) is 9.05. The van der Waals surface area contributed by atoms with Crippen LogP contribution in [-0.4, -0.2) is 54.5 Å². The Morgan fingerprint density at radius 2 is 1.69 bits per heavy atom. The lowest BCUT2D eigenvalue weighted by Gasteiger charge is -2.31. The van der Waals surface area contributed by atoms with Gasteiger partial charge in [-0.15, -0.1) is 0 Å². The molecule has 3 rings (SSSR count). The molecular weight excluding hydrogens is 466 g/mol. The maximum absolute atomic E-state index is 13.3. The first-order valence-corrected chi connectivity index (χ1v) is 13.4. The topological polar surface area (TPSA) is 104 Å². The first-order chi connectivity index (χ1) is 16.7. The summed E-state index contributed by atoms with van der Waals surface area (Å²) < 4.78 is 26.4. The monoisotopic (exact) mass is 499 g/mol. The first kappa shape index (κ1) is 26.4. The number of carbonyl (C=O) groups is 3. The number of benzene rings is 2. The minimum atomic E-state index is -3.92. The van der Waals surface area contributed by atoms with Crippen molar-refractivity contribution in [3.63, 3.8) is 0 Å². The molecule has 0 unspecified atom stereocenters. The van der Waals surface area contributed by atoms with Gasteiger partial charge in [0, 0.05) is 26.1 Å². The van der Waals surface area contributed by atoms with Crippen LogP contribution in [0.2, 0.25) is 0 Å². The summed E-state index contributed by atoms with van der Waals surface area (Å²) in [6.07, 6.45) is 0.611. The van der Waals surface area contributed by atoms with Crippen LogP contribution in [0.3, 0.4) is 0 Å². The molecule has 0 aliphatic carbocycles. The van der Waals surface area contributed by atoms with Gasteiger partial charge in [0.1, 0.15) is 10.9 Å². The summed E-state index contributed by atoms with van der Waals surface area (Å²) in [5.41, 5.74) is 1.04. The molecule has 9 heteroatoms. The Hall–Kier alpha value is -3.20. The van der Waals surface area contributed by atoms with E-state index >= 15 is 0 Å². The highest BCUT2D eigenvalue weighted by molar-refractivity contribution is 7.90. The van der Waals surface area contributed by atoms with Crippen molar-refractivity contribution < 1.29 is 22.8 Å². The van der Waals surface area contributed by atoms with E-state index in [0.29, 0.717) is 13.0 Å². The molecule has 0 aromatic heterocycles. The summed E-state index contributed by atoms with van der Waals surface area (Å²) in [6.45, 7) is 6.53. The third kappa shape index (κ3) is 6.08. The maximum atomic E-state index is 13.3. The van der Waals surface area contributed by atoms with Crippen LogP contribution in [0, 0.1) is 5.92 Å². The van der Waals surface area contributed by atoms with Crippen molar-refractivity contribution in [3.05, 3.63) is 65.7 Å². The number of rotatable bonds is 11. The molecule has 0 fully saturated rings. The van der Waals surface area contributed by atoms with Gasteiger partial charge < -0.3 is 10.2 Å². The summed E-state index contributed by atoms with van der Waals surface area (Å²) in [6, 6.07) is 14.9. The van der Waals surface area contributed by atoms with Crippen molar-refractivity contribution in [1.29, 1.82) is 0 Å². The molecule has 0 radical (unpaired) electrons. The lowest BCUT2D eigenvalue weighted by atomic mass is 10.1. The highest BCUT2D eigenvalue weighted by atomic mass is 32.2. The zero-order valence-corrected chi connectivity index (χ0v) is 21.3. The third-order valence-electron chi connectivity index (χ3n) is 5.93.